The Morgan fingerprint density at radius 2 is 1.89 bits per heavy atom. The molecule has 3 heterocycles. The minimum Gasteiger partial charge on any atom is -0.353 e. The van der Waals surface area contributed by atoms with Crippen LogP contribution in [0.25, 0.3) is 0 Å². The van der Waals surface area contributed by atoms with Crippen molar-refractivity contribution in [3.05, 3.63) is 30.2 Å². The minimum atomic E-state index is 0.194. The number of hydrogen-bond acceptors (Lipinski definition) is 6. The molecule has 2 aliphatic carbocycles. The quantitative estimate of drug-likeness (QED) is 0.712. The molecule has 5 rings (SSSR count). The Labute approximate surface area is 163 Å². The number of aromatic nitrogens is 4. The fraction of sp³-hybridized carbons (Fsp3) is 0.579. The van der Waals surface area contributed by atoms with E-state index in [1.165, 1.54) is 25.7 Å². The predicted molar refractivity (Wildman–Crippen MR) is 104 cm³/mol. The average Bonchev–Trinajstić information content (AvgIpc) is 3.66. The summed E-state index contributed by atoms with van der Waals surface area (Å²) in [7, 11) is 0. The van der Waals surface area contributed by atoms with E-state index in [0.29, 0.717) is 17.7 Å². The maximum atomic E-state index is 12.7. The fourth-order valence-corrected chi connectivity index (χ4v) is 4.54. The molecule has 0 radical (unpaired) electrons. The van der Waals surface area contributed by atoms with Crippen LogP contribution in [0.4, 0.5) is 5.82 Å². The molecule has 27 heavy (non-hydrogen) atoms. The lowest BCUT2D eigenvalue weighted by atomic mass is 10.3. The Hall–Kier alpha value is -2.09. The Morgan fingerprint density at radius 1 is 1.07 bits per heavy atom. The van der Waals surface area contributed by atoms with Gasteiger partial charge < -0.3 is 14.4 Å². The van der Waals surface area contributed by atoms with Crippen molar-refractivity contribution in [2.45, 2.75) is 42.8 Å². The molecule has 0 spiro atoms. The lowest BCUT2D eigenvalue weighted by Crippen LogP contribution is -2.49. The molecule has 3 fully saturated rings. The van der Waals surface area contributed by atoms with E-state index in [1.54, 1.807) is 11.8 Å². The minimum absolute atomic E-state index is 0.194. The molecule has 8 heteroatoms. The number of hydrogen-bond donors (Lipinski definition) is 0. The van der Waals surface area contributed by atoms with Gasteiger partial charge in [0, 0.05) is 44.3 Å². The number of anilines is 1. The molecule has 7 nitrogen and oxygen atoms in total. The second-order valence-corrected chi connectivity index (χ2v) is 8.50. The second-order valence-electron chi connectivity index (χ2n) is 7.56. The highest BCUT2D eigenvalue weighted by molar-refractivity contribution is 7.99. The van der Waals surface area contributed by atoms with Crippen LogP contribution in [0.3, 0.4) is 0 Å². The normalized spacial score (nSPS) is 20.1. The highest BCUT2D eigenvalue weighted by atomic mass is 32.2. The van der Waals surface area contributed by atoms with E-state index in [0.717, 1.165) is 43.0 Å². The third-order valence-corrected chi connectivity index (χ3v) is 6.40. The van der Waals surface area contributed by atoms with Gasteiger partial charge in [-0.25, -0.2) is 4.98 Å². The van der Waals surface area contributed by atoms with Gasteiger partial charge in [-0.15, -0.1) is 10.2 Å². The molecule has 1 saturated heterocycles. The van der Waals surface area contributed by atoms with Crippen LogP contribution >= 0.6 is 11.8 Å². The maximum absolute atomic E-state index is 12.7. The summed E-state index contributed by atoms with van der Waals surface area (Å²) >= 11 is 1.55. The predicted octanol–water partition coefficient (Wildman–Crippen LogP) is 2.33. The molecule has 1 amide bonds. The highest BCUT2D eigenvalue weighted by Crippen LogP contribution is 2.46. The van der Waals surface area contributed by atoms with Gasteiger partial charge in [0.05, 0.1) is 5.75 Å². The number of carbonyl (C=O) groups is 1. The summed E-state index contributed by atoms with van der Waals surface area (Å²) < 4.78 is 2.31. The number of carbonyl (C=O) groups excluding carboxylic acids is 1. The van der Waals surface area contributed by atoms with Crippen LogP contribution in [0.1, 0.15) is 43.5 Å². The van der Waals surface area contributed by atoms with Crippen LogP contribution in [0.15, 0.2) is 29.6 Å². The van der Waals surface area contributed by atoms with Crippen molar-refractivity contribution in [3.63, 3.8) is 0 Å². The summed E-state index contributed by atoms with van der Waals surface area (Å²) in [5, 5.41) is 9.75. The summed E-state index contributed by atoms with van der Waals surface area (Å²) in [5.41, 5.74) is 0. The van der Waals surface area contributed by atoms with E-state index >= 15 is 0 Å². The fourth-order valence-electron chi connectivity index (χ4n) is 3.63. The molecule has 1 aliphatic heterocycles. The standard InChI is InChI=1S/C19H24N6OS/c26-17(24-11-9-23(10-12-24)16-3-1-2-8-20-16)13-27-19-22-21-18(14-4-5-14)25(19)15-6-7-15/h1-3,8,14-15H,4-7,9-13H2. The van der Waals surface area contributed by atoms with Crippen molar-refractivity contribution in [1.82, 2.24) is 24.6 Å². The number of rotatable bonds is 6. The van der Waals surface area contributed by atoms with Crippen molar-refractivity contribution in [2.75, 3.05) is 36.8 Å². The van der Waals surface area contributed by atoms with Crippen LogP contribution in [0.5, 0.6) is 0 Å². The van der Waals surface area contributed by atoms with Crippen LogP contribution in [-0.2, 0) is 4.79 Å². The highest BCUT2D eigenvalue weighted by Gasteiger charge is 2.36. The van der Waals surface area contributed by atoms with Gasteiger partial charge in [-0.3, -0.25) is 4.79 Å². The lowest BCUT2D eigenvalue weighted by Gasteiger charge is -2.35. The molecule has 0 N–H and O–H groups in total. The molecule has 0 unspecified atom stereocenters. The van der Waals surface area contributed by atoms with E-state index in [9.17, 15) is 4.79 Å². The molecule has 2 aromatic heterocycles. The van der Waals surface area contributed by atoms with Gasteiger partial charge in [0.25, 0.3) is 0 Å². The molecular weight excluding hydrogens is 360 g/mol. The Balaban J connectivity index is 1.16. The maximum Gasteiger partial charge on any atom is 0.233 e. The number of thioether (sulfide) groups is 1. The smallest absolute Gasteiger partial charge is 0.233 e. The lowest BCUT2D eigenvalue weighted by molar-refractivity contribution is -0.128. The molecule has 0 bridgehead atoms. The van der Waals surface area contributed by atoms with Gasteiger partial charge in [-0.05, 0) is 37.8 Å². The van der Waals surface area contributed by atoms with E-state index in [1.807, 2.05) is 29.3 Å². The molecule has 0 atom stereocenters. The van der Waals surface area contributed by atoms with Crippen molar-refractivity contribution in [3.8, 4) is 0 Å². The largest absolute Gasteiger partial charge is 0.353 e. The van der Waals surface area contributed by atoms with Gasteiger partial charge >= 0.3 is 0 Å². The summed E-state index contributed by atoms with van der Waals surface area (Å²) in [6.07, 6.45) is 6.71. The van der Waals surface area contributed by atoms with E-state index in [4.69, 9.17) is 0 Å². The SMILES string of the molecule is O=C(CSc1nnc(C2CC2)n1C1CC1)N1CCN(c2ccccn2)CC1. The van der Waals surface area contributed by atoms with E-state index < -0.39 is 0 Å². The zero-order chi connectivity index (χ0) is 18.2. The van der Waals surface area contributed by atoms with Gasteiger partial charge in [0.15, 0.2) is 5.16 Å². The molecule has 2 aromatic rings. The number of nitrogens with zero attached hydrogens (tertiary/aromatic N) is 6. The van der Waals surface area contributed by atoms with Gasteiger partial charge in [0.1, 0.15) is 11.6 Å². The van der Waals surface area contributed by atoms with Crippen LogP contribution in [0, 0.1) is 0 Å². The zero-order valence-electron chi connectivity index (χ0n) is 15.3. The average molecular weight is 385 g/mol. The second kappa shape index (κ2) is 7.14. The van der Waals surface area contributed by atoms with Gasteiger partial charge in [0.2, 0.25) is 5.91 Å². The van der Waals surface area contributed by atoms with E-state index in [2.05, 4.69) is 24.6 Å². The Bertz CT molecular complexity index is 809. The van der Waals surface area contributed by atoms with Crippen molar-refractivity contribution >= 4 is 23.5 Å². The monoisotopic (exact) mass is 384 g/mol. The van der Waals surface area contributed by atoms with Crippen molar-refractivity contribution in [2.24, 2.45) is 0 Å². The molecule has 2 saturated carbocycles. The first kappa shape index (κ1) is 17.0. The van der Waals surface area contributed by atoms with Crippen molar-refractivity contribution < 1.29 is 4.79 Å². The molecule has 3 aliphatic rings. The summed E-state index contributed by atoms with van der Waals surface area (Å²) in [6.45, 7) is 3.16. The Morgan fingerprint density at radius 3 is 2.56 bits per heavy atom. The van der Waals surface area contributed by atoms with Gasteiger partial charge in [-0.1, -0.05) is 17.8 Å². The van der Waals surface area contributed by atoms with E-state index in [-0.39, 0.29) is 5.91 Å². The summed E-state index contributed by atoms with van der Waals surface area (Å²) in [4.78, 5) is 21.3. The van der Waals surface area contributed by atoms with Crippen LogP contribution in [0.2, 0.25) is 0 Å². The number of amides is 1. The van der Waals surface area contributed by atoms with Crippen LogP contribution in [-0.4, -0.2) is 62.5 Å². The summed E-state index contributed by atoms with van der Waals surface area (Å²) in [5.74, 6) is 3.38. The molecule has 142 valence electrons. The zero-order valence-corrected chi connectivity index (χ0v) is 16.1. The Kier molecular flexibility index (Phi) is 4.51. The third kappa shape index (κ3) is 3.67. The van der Waals surface area contributed by atoms with Crippen LogP contribution < -0.4 is 4.90 Å². The first-order chi connectivity index (χ1) is 13.3. The van der Waals surface area contributed by atoms with Gasteiger partial charge in [-0.2, -0.15) is 0 Å². The topological polar surface area (TPSA) is 67.2 Å². The molecule has 0 aromatic carbocycles. The summed E-state index contributed by atoms with van der Waals surface area (Å²) in [6, 6.07) is 6.52. The third-order valence-electron chi connectivity index (χ3n) is 5.48. The van der Waals surface area contributed by atoms with Crippen molar-refractivity contribution in [1.29, 1.82) is 0 Å². The molecular formula is C19H24N6OS. The number of pyridine rings is 1. The first-order valence-corrected chi connectivity index (χ1v) is 10.8. The first-order valence-electron chi connectivity index (χ1n) is 9.81. The number of piperazine rings is 1.